The number of benzene rings is 1. The van der Waals surface area contributed by atoms with Crippen molar-refractivity contribution in [3.63, 3.8) is 0 Å². The van der Waals surface area contributed by atoms with Crippen molar-refractivity contribution in [1.82, 2.24) is 0 Å². The number of anilines is 1. The van der Waals surface area contributed by atoms with Crippen molar-refractivity contribution in [2.45, 2.75) is 19.4 Å². The van der Waals surface area contributed by atoms with Crippen LogP contribution in [0.25, 0.3) is 0 Å². The molecule has 1 aliphatic heterocycles. The molecule has 16 heavy (non-hydrogen) atoms. The summed E-state index contributed by atoms with van der Waals surface area (Å²) in [6, 6.07) is 7.27. The first kappa shape index (κ1) is 10.7. The van der Waals surface area contributed by atoms with Crippen molar-refractivity contribution in [1.29, 1.82) is 5.26 Å². The summed E-state index contributed by atoms with van der Waals surface area (Å²) >= 11 is 0. The van der Waals surface area contributed by atoms with Gasteiger partial charge in [-0.1, -0.05) is 0 Å². The van der Waals surface area contributed by atoms with Gasteiger partial charge in [0.1, 0.15) is 0 Å². The number of hydrogen-bond acceptors (Lipinski definition) is 3. The lowest BCUT2D eigenvalue weighted by Gasteiger charge is -2.08. The van der Waals surface area contributed by atoms with Crippen molar-refractivity contribution in [2.24, 2.45) is 0 Å². The van der Waals surface area contributed by atoms with E-state index in [4.69, 9.17) is 10.00 Å². The van der Waals surface area contributed by atoms with Crippen LogP contribution in [0.1, 0.15) is 18.1 Å². The van der Waals surface area contributed by atoms with Crippen molar-refractivity contribution in [3.05, 3.63) is 29.3 Å². The lowest BCUT2D eigenvalue weighted by Crippen LogP contribution is -2.28. The lowest BCUT2D eigenvalue weighted by atomic mass is 10.1. The fourth-order valence-electron chi connectivity index (χ4n) is 1.37. The molecule has 1 aromatic carbocycles. The molecule has 4 nitrogen and oxygen atoms in total. The molecule has 0 aromatic heterocycles. The third kappa shape index (κ3) is 1.90. The summed E-state index contributed by atoms with van der Waals surface area (Å²) in [5.74, 6) is -0.142. The summed E-state index contributed by atoms with van der Waals surface area (Å²) in [6.45, 7) is 4.05. The predicted molar refractivity (Wildman–Crippen MR) is 58.9 cm³/mol. The van der Waals surface area contributed by atoms with Crippen LogP contribution in [-0.2, 0) is 9.53 Å². The van der Waals surface area contributed by atoms with Crippen LogP contribution in [0.4, 0.5) is 5.69 Å². The van der Waals surface area contributed by atoms with Crippen LogP contribution in [0.2, 0.25) is 0 Å². The molecule has 0 spiro atoms. The van der Waals surface area contributed by atoms with Gasteiger partial charge in [0.15, 0.2) is 5.60 Å². The summed E-state index contributed by atoms with van der Waals surface area (Å²) in [5.41, 5.74) is 1.49. The number of epoxide rings is 1. The zero-order chi connectivity index (χ0) is 11.8. The Morgan fingerprint density at radius 1 is 1.62 bits per heavy atom. The smallest absolute Gasteiger partial charge is 0.258 e. The number of nitrogens with one attached hydrogen (secondary N) is 1. The van der Waals surface area contributed by atoms with Gasteiger partial charge in [0.05, 0.1) is 18.2 Å². The fourth-order valence-corrected chi connectivity index (χ4v) is 1.37. The van der Waals surface area contributed by atoms with Crippen LogP contribution in [-0.4, -0.2) is 18.1 Å². The van der Waals surface area contributed by atoms with E-state index in [0.717, 1.165) is 5.56 Å². The van der Waals surface area contributed by atoms with Gasteiger partial charge in [-0.2, -0.15) is 5.26 Å². The van der Waals surface area contributed by atoms with Gasteiger partial charge < -0.3 is 10.1 Å². The Kier molecular flexibility index (Phi) is 2.41. The lowest BCUT2D eigenvalue weighted by molar-refractivity contribution is -0.120. The van der Waals surface area contributed by atoms with Crippen LogP contribution in [0.5, 0.6) is 0 Å². The number of ether oxygens (including phenoxy) is 1. The molecule has 1 N–H and O–H groups in total. The largest absolute Gasteiger partial charge is 0.359 e. The first-order valence-corrected chi connectivity index (χ1v) is 5.01. The highest BCUT2D eigenvalue weighted by atomic mass is 16.6. The van der Waals surface area contributed by atoms with E-state index in [2.05, 4.69) is 11.4 Å². The number of hydrogen-bond donors (Lipinski definition) is 1. The van der Waals surface area contributed by atoms with Crippen molar-refractivity contribution < 1.29 is 9.53 Å². The maximum Gasteiger partial charge on any atom is 0.258 e. The SMILES string of the molecule is Cc1cc(NC(=O)C2(C)CO2)ccc1C#N. The Morgan fingerprint density at radius 2 is 2.31 bits per heavy atom. The Bertz CT molecular complexity index is 484. The molecule has 1 saturated heterocycles. The van der Waals surface area contributed by atoms with Gasteiger partial charge in [-0.05, 0) is 37.6 Å². The minimum absolute atomic E-state index is 0.142. The standard InChI is InChI=1S/C12H12N2O2/c1-8-5-10(4-3-9(8)6-13)14-11(15)12(2)7-16-12/h3-5H,7H2,1-2H3,(H,14,15). The Labute approximate surface area is 93.8 Å². The molecule has 1 fully saturated rings. The van der Waals surface area contributed by atoms with E-state index >= 15 is 0 Å². The maximum absolute atomic E-state index is 11.7. The minimum atomic E-state index is -0.665. The molecule has 0 radical (unpaired) electrons. The van der Waals surface area contributed by atoms with Gasteiger partial charge >= 0.3 is 0 Å². The molecule has 0 bridgehead atoms. The average molecular weight is 216 g/mol. The third-order valence-electron chi connectivity index (χ3n) is 2.66. The highest BCUT2D eigenvalue weighted by Gasteiger charge is 2.47. The maximum atomic E-state index is 11.7. The minimum Gasteiger partial charge on any atom is -0.359 e. The molecule has 1 amide bonds. The van der Waals surface area contributed by atoms with Gasteiger partial charge in [-0.3, -0.25) is 4.79 Å². The molecule has 0 aliphatic carbocycles. The van der Waals surface area contributed by atoms with Gasteiger partial charge in [0.25, 0.3) is 5.91 Å². The zero-order valence-electron chi connectivity index (χ0n) is 9.20. The second-order valence-corrected chi connectivity index (χ2v) is 4.12. The van der Waals surface area contributed by atoms with Crippen LogP contribution in [0.15, 0.2) is 18.2 Å². The van der Waals surface area contributed by atoms with Crippen LogP contribution >= 0.6 is 0 Å². The summed E-state index contributed by atoms with van der Waals surface area (Å²) in [5, 5.41) is 11.5. The first-order valence-electron chi connectivity index (χ1n) is 5.01. The van der Waals surface area contributed by atoms with E-state index < -0.39 is 5.60 Å². The molecule has 1 unspecified atom stereocenters. The highest BCUT2D eigenvalue weighted by molar-refractivity contribution is 5.98. The molecule has 2 rings (SSSR count). The Balaban J connectivity index is 2.14. The summed E-state index contributed by atoms with van der Waals surface area (Å²) in [6.07, 6.45) is 0. The summed E-state index contributed by atoms with van der Waals surface area (Å²) in [7, 11) is 0. The normalized spacial score (nSPS) is 22.3. The van der Waals surface area contributed by atoms with Crippen LogP contribution in [0.3, 0.4) is 0 Å². The van der Waals surface area contributed by atoms with Gasteiger partial charge in [-0.25, -0.2) is 0 Å². The predicted octanol–water partition coefficient (Wildman–Crippen LogP) is 1.59. The zero-order valence-corrected chi connectivity index (χ0v) is 9.20. The van der Waals surface area contributed by atoms with Crippen LogP contribution < -0.4 is 5.32 Å². The fraction of sp³-hybridized carbons (Fsp3) is 0.333. The van der Waals surface area contributed by atoms with Gasteiger partial charge in [-0.15, -0.1) is 0 Å². The number of rotatable bonds is 2. The number of nitriles is 1. The number of nitrogens with zero attached hydrogens (tertiary/aromatic N) is 1. The van der Waals surface area contributed by atoms with Crippen molar-refractivity contribution in [2.75, 3.05) is 11.9 Å². The molecule has 1 aliphatic rings. The molecule has 1 atom stereocenters. The van der Waals surface area contributed by atoms with Gasteiger partial charge in [0.2, 0.25) is 0 Å². The molecule has 4 heteroatoms. The number of carbonyl (C=O) groups is 1. The van der Waals surface area contributed by atoms with E-state index in [0.29, 0.717) is 17.9 Å². The Hall–Kier alpha value is -1.86. The number of carbonyl (C=O) groups excluding carboxylic acids is 1. The Morgan fingerprint density at radius 3 is 2.81 bits per heavy atom. The topological polar surface area (TPSA) is 65.4 Å². The molecular weight excluding hydrogens is 204 g/mol. The first-order chi connectivity index (χ1) is 7.55. The molecular formula is C12H12N2O2. The van der Waals surface area contributed by atoms with E-state index in [1.165, 1.54) is 0 Å². The monoisotopic (exact) mass is 216 g/mol. The average Bonchev–Trinajstić information content (AvgIpc) is 2.98. The van der Waals surface area contributed by atoms with Crippen molar-refractivity contribution in [3.8, 4) is 6.07 Å². The van der Waals surface area contributed by atoms with E-state index in [-0.39, 0.29) is 5.91 Å². The van der Waals surface area contributed by atoms with Gasteiger partial charge in [0, 0.05) is 5.69 Å². The summed E-state index contributed by atoms with van der Waals surface area (Å²) < 4.78 is 5.04. The quantitative estimate of drug-likeness (QED) is 0.763. The van der Waals surface area contributed by atoms with E-state index in [9.17, 15) is 4.79 Å². The second kappa shape index (κ2) is 3.62. The molecule has 0 saturated carbocycles. The third-order valence-corrected chi connectivity index (χ3v) is 2.66. The second-order valence-electron chi connectivity index (χ2n) is 4.12. The van der Waals surface area contributed by atoms with Crippen LogP contribution in [0, 0.1) is 18.3 Å². The number of amides is 1. The summed E-state index contributed by atoms with van der Waals surface area (Å²) in [4.78, 5) is 11.7. The van der Waals surface area contributed by atoms with E-state index in [1.54, 1.807) is 25.1 Å². The molecule has 1 heterocycles. The molecule has 1 aromatic rings. The highest BCUT2D eigenvalue weighted by Crippen LogP contribution is 2.27. The molecule has 82 valence electrons. The van der Waals surface area contributed by atoms with E-state index in [1.807, 2.05) is 6.92 Å². The van der Waals surface area contributed by atoms with Crippen molar-refractivity contribution >= 4 is 11.6 Å². The number of aryl methyl sites for hydroxylation is 1.